The highest BCUT2D eigenvalue weighted by Gasteiger charge is 2.13. The molecule has 0 bridgehead atoms. The van der Waals surface area contributed by atoms with E-state index < -0.39 is 0 Å². The maximum atomic E-state index is 6.29. The molecule has 0 saturated carbocycles. The summed E-state index contributed by atoms with van der Waals surface area (Å²) in [6.45, 7) is 0. The SMILES string of the molecule is NC(Cc1cc(Cl)ccc1Cl)c1cc(Br)ccc1I. The van der Waals surface area contributed by atoms with Crippen molar-refractivity contribution in [2.24, 2.45) is 5.73 Å². The van der Waals surface area contributed by atoms with Gasteiger partial charge in [-0.25, -0.2) is 0 Å². The van der Waals surface area contributed by atoms with Crippen molar-refractivity contribution in [3.8, 4) is 0 Å². The molecule has 0 saturated heterocycles. The molecule has 0 aliphatic rings. The van der Waals surface area contributed by atoms with E-state index in [4.69, 9.17) is 28.9 Å². The molecule has 0 radical (unpaired) electrons. The Balaban J connectivity index is 2.27. The second-order valence-electron chi connectivity index (χ2n) is 4.21. The molecule has 100 valence electrons. The van der Waals surface area contributed by atoms with Crippen LogP contribution in [0.2, 0.25) is 10.0 Å². The standard InChI is InChI=1S/C14H11BrCl2IN/c15-9-1-4-13(18)11(7-9)14(19)6-8-5-10(16)2-3-12(8)17/h1-5,7,14H,6,19H2. The van der Waals surface area contributed by atoms with Crippen LogP contribution >= 0.6 is 61.7 Å². The van der Waals surface area contributed by atoms with Crippen LogP contribution in [0.4, 0.5) is 0 Å². The number of rotatable bonds is 3. The molecule has 0 amide bonds. The van der Waals surface area contributed by atoms with Crippen LogP contribution in [0, 0.1) is 3.57 Å². The Morgan fingerprint density at radius 2 is 1.89 bits per heavy atom. The molecule has 0 aliphatic carbocycles. The van der Waals surface area contributed by atoms with Gasteiger partial charge in [-0.05, 0) is 76.5 Å². The molecule has 1 unspecified atom stereocenters. The molecule has 2 aromatic rings. The molecule has 19 heavy (non-hydrogen) atoms. The van der Waals surface area contributed by atoms with E-state index in [-0.39, 0.29) is 6.04 Å². The molecular weight excluding hydrogens is 460 g/mol. The molecule has 1 atom stereocenters. The monoisotopic (exact) mass is 469 g/mol. The fourth-order valence-electron chi connectivity index (χ4n) is 1.85. The van der Waals surface area contributed by atoms with Crippen molar-refractivity contribution in [2.45, 2.75) is 12.5 Å². The van der Waals surface area contributed by atoms with Crippen LogP contribution < -0.4 is 5.73 Å². The van der Waals surface area contributed by atoms with E-state index in [1.54, 1.807) is 12.1 Å². The Hall–Kier alpha value is 0.190. The van der Waals surface area contributed by atoms with Gasteiger partial charge in [-0.1, -0.05) is 39.1 Å². The minimum Gasteiger partial charge on any atom is -0.324 e. The van der Waals surface area contributed by atoms with Crippen LogP contribution in [0.15, 0.2) is 40.9 Å². The summed E-state index contributed by atoms with van der Waals surface area (Å²) in [5.41, 5.74) is 8.36. The predicted octanol–water partition coefficient (Wildman–Crippen LogP) is 5.60. The van der Waals surface area contributed by atoms with Crippen molar-refractivity contribution >= 4 is 61.7 Å². The first-order valence-corrected chi connectivity index (χ1v) is 8.24. The van der Waals surface area contributed by atoms with Gasteiger partial charge in [-0.3, -0.25) is 0 Å². The molecule has 0 spiro atoms. The molecular formula is C14H11BrCl2IN. The maximum absolute atomic E-state index is 6.29. The van der Waals surface area contributed by atoms with E-state index in [1.165, 1.54) is 0 Å². The normalized spacial score (nSPS) is 12.5. The first-order valence-electron chi connectivity index (χ1n) is 5.62. The highest BCUT2D eigenvalue weighted by molar-refractivity contribution is 14.1. The van der Waals surface area contributed by atoms with Gasteiger partial charge in [0.1, 0.15) is 0 Å². The number of nitrogens with two attached hydrogens (primary N) is 1. The third kappa shape index (κ3) is 4.08. The average molecular weight is 471 g/mol. The lowest BCUT2D eigenvalue weighted by Gasteiger charge is -2.15. The summed E-state index contributed by atoms with van der Waals surface area (Å²) in [5.74, 6) is 0. The van der Waals surface area contributed by atoms with E-state index in [1.807, 2.05) is 24.3 Å². The number of hydrogen-bond donors (Lipinski definition) is 1. The lowest BCUT2D eigenvalue weighted by atomic mass is 10.00. The summed E-state index contributed by atoms with van der Waals surface area (Å²) < 4.78 is 2.17. The second-order valence-corrected chi connectivity index (χ2v) is 7.13. The summed E-state index contributed by atoms with van der Waals surface area (Å²) >= 11 is 17.9. The van der Waals surface area contributed by atoms with E-state index in [0.717, 1.165) is 19.2 Å². The molecule has 0 fully saturated rings. The molecule has 2 aromatic carbocycles. The zero-order valence-electron chi connectivity index (χ0n) is 9.84. The fourth-order valence-corrected chi connectivity index (χ4v) is 3.35. The first-order chi connectivity index (χ1) is 8.97. The summed E-state index contributed by atoms with van der Waals surface area (Å²) in [4.78, 5) is 0. The molecule has 2 rings (SSSR count). The molecule has 2 N–H and O–H groups in total. The Morgan fingerprint density at radius 3 is 2.63 bits per heavy atom. The van der Waals surface area contributed by atoms with Gasteiger partial charge < -0.3 is 5.73 Å². The van der Waals surface area contributed by atoms with Crippen LogP contribution in [-0.2, 0) is 6.42 Å². The van der Waals surface area contributed by atoms with Crippen LogP contribution in [0.5, 0.6) is 0 Å². The maximum Gasteiger partial charge on any atom is 0.0439 e. The van der Waals surface area contributed by atoms with Crippen LogP contribution in [0.1, 0.15) is 17.2 Å². The number of benzene rings is 2. The Kier molecular flexibility index (Phi) is 5.55. The summed E-state index contributed by atoms with van der Waals surface area (Å²) in [5, 5.41) is 1.38. The van der Waals surface area contributed by atoms with Gasteiger partial charge in [0.15, 0.2) is 0 Å². The quantitative estimate of drug-likeness (QED) is 0.580. The minimum atomic E-state index is -0.111. The molecule has 5 heteroatoms. The molecule has 0 aromatic heterocycles. The Labute approximate surface area is 144 Å². The molecule has 0 heterocycles. The van der Waals surface area contributed by atoms with E-state index in [2.05, 4.69) is 38.5 Å². The van der Waals surface area contributed by atoms with Gasteiger partial charge in [0, 0.05) is 24.1 Å². The van der Waals surface area contributed by atoms with Gasteiger partial charge in [0.25, 0.3) is 0 Å². The fraction of sp³-hybridized carbons (Fsp3) is 0.143. The van der Waals surface area contributed by atoms with Crippen molar-refractivity contribution in [1.29, 1.82) is 0 Å². The zero-order chi connectivity index (χ0) is 14.0. The first kappa shape index (κ1) is 15.6. The van der Waals surface area contributed by atoms with Gasteiger partial charge in [0.05, 0.1) is 0 Å². The topological polar surface area (TPSA) is 26.0 Å². The van der Waals surface area contributed by atoms with E-state index in [9.17, 15) is 0 Å². The van der Waals surface area contributed by atoms with Crippen LogP contribution in [0.3, 0.4) is 0 Å². The zero-order valence-corrected chi connectivity index (χ0v) is 15.1. The Bertz CT molecular complexity index is 604. The number of halogens is 4. The van der Waals surface area contributed by atoms with Crippen molar-refractivity contribution < 1.29 is 0 Å². The van der Waals surface area contributed by atoms with Crippen molar-refractivity contribution in [2.75, 3.05) is 0 Å². The third-order valence-corrected chi connectivity index (χ3v) is 4.88. The van der Waals surface area contributed by atoms with E-state index >= 15 is 0 Å². The van der Waals surface area contributed by atoms with Gasteiger partial charge in [-0.2, -0.15) is 0 Å². The highest BCUT2D eigenvalue weighted by Crippen LogP contribution is 2.28. The van der Waals surface area contributed by atoms with Crippen LogP contribution in [-0.4, -0.2) is 0 Å². The average Bonchev–Trinajstić information content (AvgIpc) is 2.36. The molecule has 1 nitrogen and oxygen atoms in total. The van der Waals surface area contributed by atoms with Crippen molar-refractivity contribution in [3.63, 3.8) is 0 Å². The summed E-state index contributed by atoms with van der Waals surface area (Å²) in [7, 11) is 0. The minimum absolute atomic E-state index is 0.111. The van der Waals surface area contributed by atoms with Gasteiger partial charge in [-0.15, -0.1) is 0 Å². The summed E-state index contributed by atoms with van der Waals surface area (Å²) in [6.07, 6.45) is 0.659. The van der Waals surface area contributed by atoms with Gasteiger partial charge >= 0.3 is 0 Å². The van der Waals surface area contributed by atoms with Gasteiger partial charge in [0.2, 0.25) is 0 Å². The lowest BCUT2D eigenvalue weighted by Crippen LogP contribution is -2.15. The summed E-state index contributed by atoms with van der Waals surface area (Å²) in [6, 6.07) is 11.4. The lowest BCUT2D eigenvalue weighted by molar-refractivity contribution is 0.717. The Morgan fingerprint density at radius 1 is 1.16 bits per heavy atom. The van der Waals surface area contributed by atoms with E-state index in [0.29, 0.717) is 16.5 Å². The smallest absolute Gasteiger partial charge is 0.0439 e. The highest BCUT2D eigenvalue weighted by atomic mass is 127. The second kappa shape index (κ2) is 6.76. The van der Waals surface area contributed by atoms with Crippen molar-refractivity contribution in [3.05, 3.63) is 65.6 Å². The largest absolute Gasteiger partial charge is 0.324 e. The molecule has 0 aliphatic heterocycles. The third-order valence-electron chi connectivity index (χ3n) is 2.81. The van der Waals surface area contributed by atoms with Crippen LogP contribution in [0.25, 0.3) is 0 Å². The predicted molar refractivity (Wildman–Crippen MR) is 94.0 cm³/mol. The number of hydrogen-bond acceptors (Lipinski definition) is 1. The van der Waals surface area contributed by atoms with Crippen molar-refractivity contribution in [1.82, 2.24) is 0 Å².